The van der Waals surface area contributed by atoms with Gasteiger partial charge in [-0.15, -0.1) is 0 Å². The number of nitrogens with one attached hydrogen (secondary N) is 2. The molecule has 3 rings (SSSR count). The highest BCUT2D eigenvalue weighted by Crippen LogP contribution is 2.45. The maximum atomic E-state index is 12.0. The minimum absolute atomic E-state index is 0.0104. The van der Waals surface area contributed by atoms with Gasteiger partial charge in [0.1, 0.15) is 29.3 Å². The van der Waals surface area contributed by atoms with Gasteiger partial charge >= 0.3 is 5.97 Å². The summed E-state index contributed by atoms with van der Waals surface area (Å²) in [6.07, 6.45) is 0.858. The van der Waals surface area contributed by atoms with Crippen molar-refractivity contribution in [3.05, 3.63) is 33.8 Å². The van der Waals surface area contributed by atoms with E-state index in [0.29, 0.717) is 11.1 Å². The van der Waals surface area contributed by atoms with Crippen LogP contribution in [0.2, 0.25) is 5.02 Å². The Kier molecular flexibility index (Phi) is 7.14. The number of aliphatic imine (C=N–C) groups is 1. The first-order valence-electron chi connectivity index (χ1n) is 9.95. The molecule has 0 spiro atoms. The summed E-state index contributed by atoms with van der Waals surface area (Å²) in [6, 6.07) is 4.07. The molecule has 1 aromatic carbocycles. The molecule has 0 fully saturated rings. The second-order valence-electron chi connectivity index (χ2n) is 6.94. The first kappa shape index (κ1) is 24.2. The maximum Gasteiger partial charge on any atom is 0.347 e. The second kappa shape index (κ2) is 10.0. The van der Waals surface area contributed by atoms with Gasteiger partial charge in [0.05, 0.1) is 24.4 Å². The number of ether oxygens (including phenoxy) is 3. The van der Waals surface area contributed by atoms with E-state index in [1.165, 1.54) is 20.1 Å². The lowest BCUT2D eigenvalue weighted by molar-refractivity contribution is -0.150. The van der Waals surface area contributed by atoms with E-state index in [1.807, 2.05) is 6.07 Å². The normalized spacial score (nSPS) is 14.9. The quantitative estimate of drug-likeness (QED) is 0.266. The van der Waals surface area contributed by atoms with Crippen molar-refractivity contribution in [3.8, 4) is 23.8 Å². The summed E-state index contributed by atoms with van der Waals surface area (Å²) in [5.41, 5.74) is 12.9. The van der Waals surface area contributed by atoms with Crippen molar-refractivity contribution in [2.45, 2.75) is 26.0 Å². The number of hydrogen-bond donors (Lipinski definition) is 4. The molecule has 0 amide bonds. The molecule has 0 aliphatic carbocycles. The SMILES string of the molecule is CCOC(=O)C(C)Oc1cc(Cl)c(C2N=C(NC#N)Nc3nc(N)c(C#N)c(N)c32)cc1OC. The van der Waals surface area contributed by atoms with Crippen LogP contribution >= 0.6 is 11.6 Å². The van der Waals surface area contributed by atoms with E-state index >= 15 is 0 Å². The van der Waals surface area contributed by atoms with Gasteiger partial charge in [0.15, 0.2) is 23.8 Å². The molecule has 2 aromatic rings. The number of aromatic nitrogens is 1. The van der Waals surface area contributed by atoms with Gasteiger partial charge < -0.3 is 31.0 Å². The molecule has 13 heteroatoms. The minimum atomic E-state index is -0.916. The summed E-state index contributed by atoms with van der Waals surface area (Å²) in [6.45, 7) is 3.43. The van der Waals surface area contributed by atoms with E-state index in [1.54, 1.807) is 19.2 Å². The number of methoxy groups -OCH3 is 1. The smallest absolute Gasteiger partial charge is 0.347 e. The Hall–Kier alpha value is -4.42. The van der Waals surface area contributed by atoms with Crippen molar-refractivity contribution in [2.75, 3.05) is 30.5 Å². The van der Waals surface area contributed by atoms with Gasteiger partial charge in [0, 0.05) is 17.2 Å². The molecular formula is C21H21ClN8O4. The molecule has 0 saturated heterocycles. The molecule has 12 nitrogen and oxygen atoms in total. The molecule has 1 aromatic heterocycles. The van der Waals surface area contributed by atoms with Crippen LogP contribution in [0.25, 0.3) is 0 Å². The van der Waals surface area contributed by atoms with E-state index in [0.717, 1.165) is 0 Å². The van der Waals surface area contributed by atoms with Crippen LogP contribution in [-0.2, 0) is 9.53 Å². The zero-order valence-corrected chi connectivity index (χ0v) is 19.2. The second-order valence-corrected chi connectivity index (χ2v) is 7.35. The Morgan fingerprint density at radius 2 is 2.09 bits per heavy atom. The third-order valence-corrected chi connectivity index (χ3v) is 5.18. The lowest BCUT2D eigenvalue weighted by Crippen LogP contribution is -2.33. The molecule has 1 aliphatic heterocycles. The molecule has 176 valence electrons. The highest BCUT2D eigenvalue weighted by Gasteiger charge is 2.32. The Morgan fingerprint density at radius 3 is 2.71 bits per heavy atom. The van der Waals surface area contributed by atoms with E-state index in [4.69, 9.17) is 42.5 Å². The summed E-state index contributed by atoms with van der Waals surface area (Å²) in [7, 11) is 1.42. The number of nitriles is 2. The molecule has 0 saturated carbocycles. The van der Waals surface area contributed by atoms with Crippen LogP contribution in [-0.4, -0.2) is 36.7 Å². The number of carbonyl (C=O) groups is 1. The third kappa shape index (κ3) is 4.53. The third-order valence-electron chi connectivity index (χ3n) is 4.86. The van der Waals surface area contributed by atoms with E-state index in [9.17, 15) is 10.1 Å². The fourth-order valence-electron chi connectivity index (χ4n) is 3.32. The summed E-state index contributed by atoms with van der Waals surface area (Å²) in [5, 5.41) is 24.0. The predicted molar refractivity (Wildman–Crippen MR) is 124 cm³/mol. The number of hydrogen-bond acceptors (Lipinski definition) is 12. The topological polar surface area (TPSA) is 194 Å². The molecule has 2 heterocycles. The lowest BCUT2D eigenvalue weighted by atomic mass is 9.94. The largest absolute Gasteiger partial charge is 0.493 e. The van der Waals surface area contributed by atoms with E-state index in [2.05, 4.69) is 20.6 Å². The maximum absolute atomic E-state index is 12.0. The number of fused-ring (bicyclic) bond motifs is 1. The fourth-order valence-corrected chi connectivity index (χ4v) is 3.57. The van der Waals surface area contributed by atoms with Crippen molar-refractivity contribution in [1.82, 2.24) is 10.3 Å². The van der Waals surface area contributed by atoms with Crippen LogP contribution in [0.5, 0.6) is 11.5 Å². The Morgan fingerprint density at radius 1 is 1.35 bits per heavy atom. The summed E-state index contributed by atoms with van der Waals surface area (Å²) in [5.74, 6) is 0.104. The molecule has 0 bridgehead atoms. The van der Waals surface area contributed by atoms with Gasteiger partial charge in [-0.2, -0.15) is 10.5 Å². The van der Waals surface area contributed by atoms with Gasteiger partial charge in [-0.3, -0.25) is 5.32 Å². The summed E-state index contributed by atoms with van der Waals surface area (Å²) in [4.78, 5) is 20.6. The molecule has 2 unspecified atom stereocenters. The van der Waals surface area contributed by atoms with Crippen molar-refractivity contribution < 1.29 is 19.0 Å². The molecule has 34 heavy (non-hydrogen) atoms. The molecular weight excluding hydrogens is 464 g/mol. The van der Waals surface area contributed by atoms with Crippen LogP contribution in [0.3, 0.4) is 0 Å². The number of nitrogens with two attached hydrogens (primary N) is 2. The molecule has 6 N–H and O–H groups in total. The van der Waals surface area contributed by atoms with E-state index in [-0.39, 0.29) is 52.0 Å². The average molecular weight is 485 g/mol. The Labute approximate surface area is 200 Å². The van der Waals surface area contributed by atoms with Crippen LogP contribution in [0.15, 0.2) is 17.1 Å². The highest BCUT2D eigenvalue weighted by atomic mass is 35.5. The molecule has 0 radical (unpaired) electrons. The Bertz CT molecular complexity index is 1250. The van der Waals surface area contributed by atoms with Crippen molar-refractivity contribution in [1.29, 1.82) is 10.5 Å². The number of halogens is 1. The number of guanidine groups is 1. The van der Waals surface area contributed by atoms with Gasteiger partial charge in [-0.25, -0.2) is 14.8 Å². The van der Waals surface area contributed by atoms with Gasteiger partial charge in [0.25, 0.3) is 0 Å². The molecule has 1 aliphatic rings. The fraction of sp³-hybridized carbons (Fsp3) is 0.286. The van der Waals surface area contributed by atoms with Gasteiger partial charge in [-0.05, 0) is 19.9 Å². The number of benzene rings is 1. The van der Waals surface area contributed by atoms with Crippen LogP contribution in [0.1, 0.15) is 36.6 Å². The zero-order valence-electron chi connectivity index (χ0n) is 18.5. The Balaban J connectivity index is 2.14. The summed E-state index contributed by atoms with van der Waals surface area (Å²) >= 11 is 6.59. The van der Waals surface area contributed by atoms with Crippen LogP contribution < -0.4 is 31.6 Å². The van der Waals surface area contributed by atoms with Crippen LogP contribution in [0, 0.1) is 22.8 Å². The van der Waals surface area contributed by atoms with Gasteiger partial charge in [-0.1, -0.05) is 11.6 Å². The van der Waals surface area contributed by atoms with Crippen molar-refractivity contribution in [3.63, 3.8) is 0 Å². The monoisotopic (exact) mass is 484 g/mol. The number of pyridine rings is 1. The van der Waals surface area contributed by atoms with Gasteiger partial charge in [0.2, 0.25) is 5.96 Å². The first-order valence-corrected chi connectivity index (χ1v) is 10.3. The number of esters is 1. The van der Waals surface area contributed by atoms with E-state index < -0.39 is 18.1 Å². The number of anilines is 3. The lowest BCUT2D eigenvalue weighted by Gasteiger charge is -2.27. The average Bonchev–Trinajstić information content (AvgIpc) is 2.79. The predicted octanol–water partition coefficient (Wildman–Crippen LogP) is 2.05. The highest BCUT2D eigenvalue weighted by molar-refractivity contribution is 6.31. The summed E-state index contributed by atoms with van der Waals surface area (Å²) < 4.78 is 16.1. The van der Waals surface area contributed by atoms with Crippen molar-refractivity contribution in [2.24, 2.45) is 4.99 Å². The minimum Gasteiger partial charge on any atom is -0.493 e. The standard InChI is InChI=1S/C21H21ClN8O4/c1-4-33-20(31)9(2)34-14-6-12(22)10(5-13(14)32-3)17-15-16(25)11(7-23)18(26)29-19(15)30-21(28-17)27-8-24/h5-6,9,17H,4H2,1-3H3,(H6,25,26,27,28,29,30). The number of rotatable bonds is 6. The molecule has 2 atom stereocenters. The number of nitrogens with zero attached hydrogens (tertiary/aromatic N) is 4. The zero-order chi connectivity index (χ0) is 25.0. The van der Waals surface area contributed by atoms with Crippen molar-refractivity contribution >= 4 is 40.9 Å². The number of nitrogen functional groups attached to an aromatic ring is 2. The number of carbonyl (C=O) groups excluding carboxylic acids is 1. The first-order chi connectivity index (χ1) is 16.2. The van der Waals surface area contributed by atoms with Crippen LogP contribution in [0.4, 0.5) is 17.3 Å².